The molecule has 2 rings (SSSR count). The molecule has 0 aromatic heterocycles. The van der Waals surface area contributed by atoms with Gasteiger partial charge in [0.1, 0.15) is 0 Å². The van der Waals surface area contributed by atoms with Crippen LogP contribution in [0.25, 0.3) is 0 Å². The number of para-hydroxylation sites is 1. The highest BCUT2D eigenvalue weighted by Gasteiger charge is 2.24. The highest BCUT2D eigenvalue weighted by Crippen LogP contribution is 2.25. The van der Waals surface area contributed by atoms with E-state index < -0.39 is 11.9 Å². The number of amides is 1. The summed E-state index contributed by atoms with van der Waals surface area (Å²) < 4.78 is 9.67. The molecule has 0 unspecified atom stereocenters. The van der Waals surface area contributed by atoms with Crippen molar-refractivity contribution in [2.75, 3.05) is 19.0 Å². The van der Waals surface area contributed by atoms with Crippen molar-refractivity contribution >= 4 is 23.5 Å². The Kier molecular flexibility index (Phi) is 5.52. The average molecular weight is 305 g/mol. The summed E-state index contributed by atoms with van der Waals surface area (Å²) in [6.45, 7) is -0.356. The smallest absolute Gasteiger partial charge is 0.339 e. The summed E-state index contributed by atoms with van der Waals surface area (Å²) in [5, 5.41) is 2.55. The lowest BCUT2D eigenvalue weighted by molar-refractivity contribution is -0.151. The van der Waals surface area contributed by atoms with Crippen molar-refractivity contribution in [3.8, 4) is 0 Å². The number of carbonyl (C=O) groups excluding carboxylic acids is 3. The SMILES string of the molecule is COC(=O)c1ccccc1NC(=O)COC(=O)C1CCCC1. The van der Waals surface area contributed by atoms with Crippen LogP contribution in [0.1, 0.15) is 36.0 Å². The molecule has 1 saturated carbocycles. The summed E-state index contributed by atoms with van der Waals surface area (Å²) in [6, 6.07) is 6.49. The predicted octanol–water partition coefficient (Wildman–Crippen LogP) is 2.15. The van der Waals surface area contributed by atoms with E-state index in [0.717, 1.165) is 25.7 Å². The molecule has 0 aliphatic heterocycles. The maximum absolute atomic E-state index is 11.9. The number of hydrogen-bond acceptors (Lipinski definition) is 5. The molecule has 0 atom stereocenters. The number of methoxy groups -OCH3 is 1. The van der Waals surface area contributed by atoms with Gasteiger partial charge in [-0.3, -0.25) is 9.59 Å². The summed E-state index contributed by atoms with van der Waals surface area (Å²) in [6.07, 6.45) is 3.70. The summed E-state index contributed by atoms with van der Waals surface area (Å²) in [5.41, 5.74) is 0.580. The maximum Gasteiger partial charge on any atom is 0.339 e. The second kappa shape index (κ2) is 7.59. The Morgan fingerprint density at radius 3 is 2.55 bits per heavy atom. The van der Waals surface area contributed by atoms with Gasteiger partial charge in [0.25, 0.3) is 5.91 Å². The van der Waals surface area contributed by atoms with Crippen LogP contribution in [-0.2, 0) is 19.1 Å². The first-order valence-electron chi connectivity index (χ1n) is 7.25. The van der Waals surface area contributed by atoms with Gasteiger partial charge in [0.05, 0.1) is 24.3 Å². The molecule has 0 bridgehead atoms. The molecule has 1 fully saturated rings. The zero-order chi connectivity index (χ0) is 15.9. The molecule has 6 heteroatoms. The van der Waals surface area contributed by atoms with Crippen LogP contribution in [-0.4, -0.2) is 31.6 Å². The van der Waals surface area contributed by atoms with Gasteiger partial charge in [0, 0.05) is 0 Å². The van der Waals surface area contributed by atoms with E-state index in [2.05, 4.69) is 10.1 Å². The van der Waals surface area contributed by atoms with Crippen LogP contribution < -0.4 is 5.32 Å². The Morgan fingerprint density at radius 2 is 1.86 bits per heavy atom. The Bertz CT molecular complexity index is 563. The number of esters is 2. The normalized spacial score (nSPS) is 14.4. The van der Waals surface area contributed by atoms with Gasteiger partial charge >= 0.3 is 11.9 Å². The monoisotopic (exact) mass is 305 g/mol. The predicted molar refractivity (Wildman–Crippen MR) is 79.3 cm³/mol. The Morgan fingerprint density at radius 1 is 1.18 bits per heavy atom. The number of nitrogens with one attached hydrogen (secondary N) is 1. The van der Waals surface area contributed by atoms with Crippen LogP contribution in [0.4, 0.5) is 5.69 Å². The van der Waals surface area contributed by atoms with Crippen molar-refractivity contribution in [3.63, 3.8) is 0 Å². The standard InChI is InChI=1S/C16H19NO5/c1-21-16(20)12-8-4-5-9-13(12)17-14(18)10-22-15(19)11-6-2-3-7-11/h4-5,8-9,11H,2-3,6-7,10H2,1H3,(H,17,18). The van der Waals surface area contributed by atoms with Crippen LogP contribution in [0, 0.1) is 5.92 Å². The van der Waals surface area contributed by atoms with Gasteiger partial charge in [-0.25, -0.2) is 4.79 Å². The van der Waals surface area contributed by atoms with Gasteiger partial charge < -0.3 is 14.8 Å². The van der Waals surface area contributed by atoms with Crippen molar-refractivity contribution in [1.29, 1.82) is 0 Å². The maximum atomic E-state index is 11.9. The third-order valence-corrected chi connectivity index (χ3v) is 3.64. The van der Waals surface area contributed by atoms with Crippen LogP contribution in [0.5, 0.6) is 0 Å². The average Bonchev–Trinajstić information content (AvgIpc) is 3.07. The highest BCUT2D eigenvalue weighted by atomic mass is 16.5. The first-order valence-corrected chi connectivity index (χ1v) is 7.25. The fraction of sp³-hybridized carbons (Fsp3) is 0.438. The van der Waals surface area contributed by atoms with E-state index in [0.29, 0.717) is 5.69 Å². The van der Waals surface area contributed by atoms with E-state index in [1.54, 1.807) is 24.3 Å². The van der Waals surface area contributed by atoms with Gasteiger partial charge in [-0.05, 0) is 25.0 Å². The molecule has 22 heavy (non-hydrogen) atoms. The number of benzene rings is 1. The second-order valence-electron chi connectivity index (χ2n) is 5.17. The van der Waals surface area contributed by atoms with Crippen molar-refractivity contribution in [1.82, 2.24) is 0 Å². The van der Waals surface area contributed by atoms with Gasteiger partial charge in [-0.15, -0.1) is 0 Å². The second-order valence-corrected chi connectivity index (χ2v) is 5.17. The molecule has 1 amide bonds. The number of anilines is 1. The molecular weight excluding hydrogens is 286 g/mol. The topological polar surface area (TPSA) is 81.7 Å². The minimum absolute atomic E-state index is 0.0878. The van der Waals surface area contributed by atoms with E-state index in [1.165, 1.54) is 7.11 Å². The van der Waals surface area contributed by atoms with Gasteiger partial charge in [0.2, 0.25) is 0 Å². The van der Waals surface area contributed by atoms with Crippen LogP contribution in [0.15, 0.2) is 24.3 Å². The largest absolute Gasteiger partial charge is 0.465 e. The molecule has 1 aromatic rings. The summed E-state index contributed by atoms with van der Waals surface area (Å²) in [4.78, 5) is 35.2. The first-order chi connectivity index (χ1) is 10.6. The number of carbonyl (C=O) groups is 3. The minimum atomic E-state index is -0.543. The fourth-order valence-electron chi connectivity index (χ4n) is 2.48. The molecule has 1 N–H and O–H groups in total. The third kappa shape index (κ3) is 4.07. The van der Waals surface area contributed by atoms with Crippen LogP contribution >= 0.6 is 0 Å². The van der Waals surface area contributed by atoms with E-state index >= 15 is 0 Å². The van der Waals surface area contributed by atoms with Crippen LogP contribution in [0.2, 0.25) is 0 Å². The number of ether oxygens (including phenoxy) is 2. The summed E-state index contributed by atoms with van der Waals surface area (Å²) in [5.74, 6) is -1.44. The quantitative estimate of drug-likeness (QED) is 0.843. The van der Waals surface area contributed by atoms with Gasteiger partial charge in [-0.2, -0.15) is 0 Å². The lowest BCUT2D eigenvalue weighted by Crippen LogP contribution is -2.24. The summed E-state index contributed by atoms with van der Waals surface area (Å²) in [7, 11) is 1.27. The first kappa shape index (κ1) is 16.0. The zero-order valence-electron chi connectivity index (χ0n) is 12.5. The number of rotatable bonds is 5. The zero-order valence-corrected chi connectivity index (χ0v) is 12.5. The molecular formula is C16H19NO5. The van der Waals surface area contributed by atoms with Crippen molar-refractivity contribution in [2.24, 2.45) is 5.92 Å². The van der Waals surface area contributed by atoms with Crippen molar-refractivity contribution < 1.29 is 23.9 Å². The molecule has 0 spiro atoms. The lowest BCUT2D eigenvalue weighted by atomic mass is 10.1. The minimum Gasteiger partial charge on any atom is -0.465 e. The third-order valence-electron chi connectivity index (χ3n) is 3.64. The van der Waals surface area contributed by atoms with E-state index in [-0.39, 0.29) is 24.1 Å². The highest BCUT2D eigenvalue weighted by molar-refractivity contribution is 6.01. The number of hydrogen-bond donors (Lipinski definition) is 1. The molecule has 6 nitrogen and oxygen atoms in total. The lowest BCUT2D eigenvalue weighted by Gasteiger charge is -2.11. The molecule has 1 aliphatic carbocycles. The molecule has 0 radical (unpaired) electrons. The van der Waals surface area contributed by atoms with Crippen molar-refractivity contribution in [2.45, 2.75) is 25.7 Å². The molecule has 118 valence electrons. The van der Waals surface area contributed by atoms with Gasteiger partial charge in [0.15, 0.2) is 6.61 Å². The van der Waals surface area contributed by atoms with Gasteiger partial charge in [-0.1, -0.05) is 25.0 Å². The van der Waals surface area contributed by atoms with E-state index in [9.17, 15) is 14.4 Å². The molecule has 1 aromatic carbocycles. The van der Waals surface area contributed by atoms with E-state index in [1.807, 2.05) is 0 Å². The molecule has 1 aliphatic rings. The Balaban J connectivity index is 1.89. The van der Waals surface area contributed by atoms with Crippen LogP contribution in [0.3, 0.4) is 0 Å². The molecule has 0 heterocycles. The van der Waals surface area contributed by atoms with E-state index in [4.69, 9.17) is 4.74 Å². The summed E-state index contributed by atoms with van der Waals surface area (Å²) >= 11 is 0. The van der Waals surface area contributed by atoms with Crippen molar-refractivity contribution in [3.05, 3.63) is 29.8 Å². The Hall–Kier alpha value is -2.37. The molecule has 0 saturated heterocycles. The fourth-order valence-corrected chi connectivity index (χ4v) is 2.48. The Labute approximate surface area is 128 Å².